The molecule has 1 aliphatic carbocycles. The maximum atomic E-state index is 13.5. The van der Waals surface area contributed by atoms with Gasteiger partial charge in [0.25, 0.3) is 11.6 Å². The molecule has 2 aromatic carbocycles. The molecule has 0 unspecified atom stereocenters. The normalized spacial score (nSPS) is 24.9. The summed E-state index contributed by atoms with van der Waals surface area (Å²) >= 11 is 0. The molecule has 4 N–H and O–H groups in total. The van der Waals surface area contributed by atoms with Gasteiger partial charge in [-0.1, -0.05) is 37.8 Å². The van der Waals surface area contributed by atoms with Crippen molar-refractivity contribution < 1.29 is 25.2 Å². The lowest BCUT2D eigenvalue weighted by molar-refractivity contribution is -0.308. The monoisotopic (exact) mass is 449 g/mol. The topological polar surface area (TPSA) is 115 Å². The Bertz CT molecular complexity index is 1090. The van der Waals surface area contributed by atoms with Crippen LogP contribution in [0.5, 0.6) is 11.5 Å². The zero-order valence-electron chi connectivity index (χ0n) is 18.1. The van der Waals surface area contributed by atoms with E-state index in [1.807, 2.05) is 0 Å². The minimum absolute atomic E-state index is 0.0289. The van der Waals surface area contributed by atoms with Gasteiger partial charge in [-0.15, -0.1) is 0 Å². The Morgan fingerprint density at radius 3 is 2.30 bits per heavy atom. The minimum Gasteiger partial charge on any atom is -0.508 e. The average Bonchev–Trinajstić information content (AvgIpc) is 3.43. The van der Waals surface area contributed by atoms with Gasteiger partial charge in [-0.2, -0.15) is 4.89 Å². The van der Waals surface area contributed by atoms with E-state index in [-0.39, 0.29) is 24.0 Å². The molecular formula is C25H27N3O5. The molecule has 0 aromatic heterocycles. The number of phenolic OH excluding ortho intramolecular Hbond substituents is 2. The molecule has 1 saturated carbocycles. The van der Waals surface area contributed by atoms with Gasteiger partial charge < -0.3 is 15.5 Å². The highest BCUT2D eigenvalue weighted by Gasteiger charge is 2.53. The zero-order valence-corrected chi connectivity index (χ0v) is 18.1. The molecular weight excluding hydrogens is 422 g/mol. The summed E-state index contributed by atoms with van der Waals surface area (Å²) in [4.78, 5) is 24.4. The largest absolute Gasteiger partial charge is 0.508 e. The van der Waals surface area contributed by atoms with Crippen LogP contribution < -0.4 is 5.32 Å². The molecule has 2 atom stereocenters. The van der Waals surface area contributed by atoms with Crippen LogP contribution >= 0.6 is 0 Å². The highest BCUT2D eigenvalue weighted by Crippen LogP contribution is 2.36. The van der Waals surface area contributed by atoms with Gasteiger partial charge in [0, 0.05) is 12.6 Å². The van der Waals surface area contributed by atoms with Gasteiger partial charge in [0.2, 0.25) is 0 Å². The van der Waals surface area contributed by atoms with Crippen molar-refractivity contribution >= 4 is 17.4 Å². The minimum atomic E-state index is -1.79. The summed E-state index contributed by atoms with van der Waals surface area (Å²) in [5.41, 5.74) is 0.478. The number of rotatable bonds is 6. The number of fused-ring (bicyclic) bond motifs is 1. The Labute approximate surface area is 191 Å². The fraction of sp³-hybridized carbons (Fsp3) is 0.360. The number of carbonyl (C=O) groups is 1. The summed E-state index contributed by atoms with van der Waals surface area (Å²) in [6.45, 7) is 0. The predicted octanol–water partition coefficient (Wildman–Crippen LogP) is 3.62. The second kappa shape index (κ2) is 8.53. The number of aromatic hydroxyl groups is 2. The van der Waals surface area contributed by atoms with Crippen molar-refractivity contribution in [1.82, 2.24) is 10.2 Å². The van der Waals surface area contributed by atoms with E-state index in [0.717, 1.165) is 30.5 Å². The molecule has 0 radical (unpaired) electrons. The zero-order chi connectivity index (χ0) is 23.0. The third-order valence-corrected chi connectivity index (χ3v) is 6.75. The number of amidine groups is 1. The van der Waals surface area contributed by atoms with E-state index in [9.17, 15) is 20.3 Å². The maximum absolute atomic E-state index is 13.5. The molecule has 3 aliphatic rings. The van der Waals surface area contributed by atoms with Crippen LogP contribution in [0.15, 0.2) is 59.7 Å². The summed E-state index contributed by atoms with van der Waals surface area (Å²) in [6.07, 6.45) is 7.23. The van der Waals surface area contributed by atoms with Crippen LogP contribution in [0.25, 0.3) is 5.70 Å². The van der Waals surface area contributed by atoms with Crippen LogP contribution in [-0.2, 0) is 16.1 Å². The van der Waals surface area contributed by atoms with E-state index in [4.69, 9.17) is 4.89 Å². The lowest BCUT2D eigenvalue weighted by atomic mass is 9.95. The Morgan fingerprint density at radius 1 is 1.03 bits per heavy atom. The SMILES string of the molecule is O=C1N2C=C(c3ccc(O)cc3)N[C@@H](CC3CCCC3)C2=N[C@@]1(Cc1ccc(O)cc1)OO. The number of aliphatic imine (C=N–C) groups is 1. The molecule has 0 saturated heterocycles. The van der Waals surface area contributed by atoms with Crippen molar-refractivity contribution in [3.63, 3.8) is 0 Å². The molecule has 2 aliphatic heterocycles. The van der Waals surface area contributed by atoms with Crippen molar-refractivity contribution in [2.24, 2.45) is 10.9 Å². The van der Waals surface area contributed by atoms with Crippen LogP contribution in [0.2, 0.25) is 0 Å². The summed E-state index contributed by atoms with van der Waals surface area (Å²) in [5, 5.41) is 32.6. The van der Waals surface area contributed by atoms with Crippen LogP contribution in [0, 0.1) is 5.92 Å². The van der Waals surface area contributed by atoms with Crippen molar-refractivity contribution in [2.45, 2.75) is 50.3 Å². The Kier molecular flexibility index (Phi) is 5.55. The quantitative estimate of drug-likeness (QED) is 0.396. The van der Waals surface area contributed by atoms with Crippen LogP contribution in [0.4, 0.5) is 0 Å². The molecule has 8 nitrogen and oxygen atoms in total. The lowest BCUT2D eigenvalue weighted by Crippen LogP contribution is -2.50. The van der Waals surface area contributed by atoms with Gasteiger partial charge in [0.1, 0.15) is 17.3 Å². The van der Waals surface area contributed by atoms with Crippen LogP contribution in [0.3, 0.4) is 0 Å². The molecule has 172 valence electrons. The smallest absolute Gasteiger partial charge is 0.290 e. The number of benzene rings is 2. The number of carbonyl (C=O) groups excluding carboxylic acids is 1. The number of nitrogens with one attached hydrogen (secondary N) is 1. The van der Waals surface area contributed by atoms with Gasteiger partial charge >= 0.3 is 0 Å². The number of amides is 1. The molecule has 0 spiro atoms. The second-order valence-corrected chi connectivity index (χ2v) is 9.04. The van der Waals surface area contributed by atoms with E-state index in [1.165, 1.54) is 29.9 Å². The number of hydrogen-bond acceptors (Lipinski definition) is 7. The molecule has 2 aromatic rings. The van der Waals surface area contributed by atoms with Gasteiger partial charge in [0.15, 0.2) is 0 Å². The summed E-state index contributed by atoms with van der Waals surface area (Å²) in [7, 11) is 0. The number of phenols is 2. The van der Waals surface area contributed by atoms with E-state index in [0.29, 0.717) is 17.3 Å². The fourth-order valence-corrected chi connectivity index (χ4v) is 5.01. The second-order valence-electron chi connectivity index (χ2n) is 9.04. The lowest BCUT2D eigenvalue weighted by Gasteiger charge is -2.33. The van der Waals surface area contributed by atoms with Crippen LogP contribution in [-0.4, -0.2) is 43.9 Å². The first-order chi connectivity index (χ1) is 16.0. The third-order valence-electron chi connectivity index (χ3n) is 6.75. The van der Waals surface area contributed by atoms with Crippen LogP contribution in [0.1, 0.15) is 43.2 Å². The van der Waals surface area contributed by atoms with E-state index >= 15 is 0 Å². The Balaban J connectivity index is 1.51. The fourth-order valence-electron chi connectivity index (χ4n) is 5.01. The first-order valence-corrected chi connectivity index (χ1v) is 11.3. The molecule has 1 amide bonds. The average molecular weight is 450 g/mol. The summed E-state index contributed by atoms with van der Waals surface area (Å²) in [5.74, 6) is 0.869. The molecule has 5 rings (SSSR count). The van der Waals surface area contributed by atoms with Gasteiger partial charge in [0.05, 0.1) is 11.7 Å². The molecule has 1 fully saturated rings. The maximum Gasteiger partial charge on any atom is 0.290 e. The Morgan fingerprint density at radius 2 is 1.67 bits per heavy atom. The van der Waals surface area contributed by atoms with Crippen molar-refractivity contribution in [3.05, 3.63) is 65.9 Å². The first kappa shape index (κ1) is 21.5. The highest BCUT2D eigenvalue weighted by atomic mass is 17.1. The van der Waals surface area contributed by atoms with Gasteiger partial charge in [-0.3, -0.25) is 9.69 Å². The highest BCUT2D eigenvalue weighted by molar-refractivity contribution is 6.12. The van der Waals surface area contributed by atoms with Crippen molar-refractivity contribution in [1.29, 1.82) is 0 Å². The van der Waals surface area contributed by atoms with Crippen molar-refractivity contribution in [2.75, 3.05) is 0 Å². The molecule has 2 heterocycles. The van der Waals surface area contributed by atoms with E-state index < -0.39 is 11.6 Å². The van der Waals surface area contributed by atoms with E-state index in [1.54, 1.807) is 42.6 Å². The molecule has 8 heteroatoms. The van der Waals surface area contributed by atoms with Gasteiger partial charge in [-0.25, -0.2) is 10.2 Å². The molecule has 0 bridgehead atoms. The van der Waals surface area contributed by atoms with Crippen molar-refractivity contribution in [3.8, 4) is 11.5 Å². The Hall–Kier alpha value is -3.36. The summed E-state index contributed by atoms with van der Waals surface area (Å²) < 4.78 is 0. The summed E-state index contributed by atoms with van der Waals surface area (Å²) in [6, 6.07) is 12.9. The predicted molar refractivity (Wildman–Crippen MR) is 122 cm³/mol. The third kappa shape index (κ3) is 4.07. The number of nitrogens with zero attached hydrogens (tertiary/aromatic N) is 2. The standard InChI is InChI=1S/C25H27N3O5/c29-19-9-5-17(6-10-19)14-25(33-32)24(31)28-15-22(18-7-11-20(30)12-8-18)26-21(23(28)27-25)13-16-3-1-2-4-16/h5-12,15-16,21,26,29-30,32H,1-4,13-14H2/t21-,25-/m0/s1. The first-order valence-electron chi connectivity index (χ1n) is 11.3. The number of hydrogen-bond donors (Lipinski definition) is 4. The molecule has 33 heavy (non-hydrogen) atoms. The van der Waals surface area contributed by atoms with Gasteiger partial charge in [-0.05, 0) is 59.9 Å². The van der Waals surface area contributed by atoms with E-state index in [2.05, 4.69) is 10.3 Å².